The van der Waals surface area contributed by atoms with Gasteiger partial charge in [0.1, 0.15) is 17.7 Å². The number of carbonyl (C=O) groups excluding carboxylic acids is 2. The number of benzene rings is 2. The van der Waals surface area contributed by atoms with Gasteiger partial charge in [0, 0.05) is 52.6 Å². The minimum absolute atomic E-state index is 0.179. The van der Waals surface area contributed by atoms with Crippen molar-refractivity contribution in [2.45, 2.75) is 31.7 Å². The summed E-state index contributed by atoms with van der Waals surface area (Å²) in [5, 5.41) is 2.60. The second-order valence-electron chi connectivity index (χ2n) is 8.69. The number of anilines is 2. The van der Waals surface area contributed by atoms with Crippen molar-refractivity contribution in [3.8, 4) is 11.1 Å². The predicted molar refractivity (Wildman–Crippen MR) is 126 cm³/mol. The second kappa shape index (κ2) is 10.2. The van der Waals surface area contributed by atoms with Gasteiger partial charge in [-0.3, -0.25) is 9.69 Å². The van der Waals surface area contributed by atoms with Crippen molar-refractivity contribution in [3.63, 3.8) is 0 Å². The lowest BCUT2D eigenvalue weighted by Crippen LogP contribution is -2.47. The maximum absolute atomic E-state index is 15.0. The summed E-state index contributed by atoms with van der Waals surface area (Å²) in [5.41, 5.74) is 1.38. The van der Waals surface area contributed by atoms with Crippen molar-refractivity contribution in [2.24, 2.45) is 0 Å². The summed E-state index contributed by atoms with van der Waals surface area (Å²) in [6.07, 6.45) is 0.0583. The van der Waals surface area contributed by atoms with Crippen LogP contribution in [0.1, 0.15) is 19.8 Å². The molecule has 10 heteroatoms. The summed E-state index contributed by atoms with van der Waals surface area (Å²) in [6.45, 7) is 2.87. The van der Waals surface area contributed by atoms with Gasteiger partial charge in [0.15, 0.2) is 5.79 Å². The van der Waals surface area contributed by atoms with Crippen molar-refractivity contribution in [3.05, 3.63) is 48.0 Å². The third kappa shape index (κ3) is 5.23. The van der Waals surface area contributed by atoms with E-state index in [-0.39, 0.29) is 24.6 Å². The molecule has 8 nitrogen and oxygen atoms in total. The molecule has 1 unspecified atom stereocenters. The van der Waals surface area contributed by atoms with Crippen molar-refractivity contribution < 1.29 is 32.6 Å². The van der Waals surface area contributed by atoms with Gasteiger partial charge in [-0.2, -0.15) is 0 Å². The van der Waals surface area contributed by atoms with Crippen LogP contribution in [0.3, 0.4) is 0 Å². The van der Waals surface area contributed by atoms with E-state index in [4.69, 9.17) is 14.2 Å². The number of methoxy groups -OCH3 is 2. The Morgan fingerprint density at radius 2 is 1.83 bits per heavy atom. The van der Waals surface area contributed by atoms with Crippen LogP contribution in [0.2, 0.25) is 0 Å². The molecule has 4 rings (SSSR count). The summed E-state index contributed by atoms with van der Waals surface area (Å²) in [7, 11) is 3.20. The van der Waals surface area contributed by atoms with Crippen LogP contribution in [0.5, 0.6) is 0 Å². The highest BCUT2D eigenvalue weighted by Crippen LogP contribution is 2.34. The summed E-state index contributed by atoms with van der Waals surface area (Å²) in [4.78, 5) is 26.5. The Morgan fingerprint density at radius 3 is 2.43 bits per heavy atom. The highest BCUT2D eigenvalue weighted by molar-refractivity contribution is 5.90. The average molecular weight is 490 g/mol. The summed E-state index contributed by atoms with van der Waals surface area (Å²) < 4.78 is 46.2. The molecule has 0 aliphatic carbocycles. The van der Waals surface area contributed by atoms with E-state index in [1.807, 2.05) is 4.90 Å². The van der Waals surface area contributed by atoms with Crippen LogP contribution >= 0.6 is 0 Å². The lowest BCUT2D eigenvalue weighted by atomic mass is 10.0. The number of amides is 2. The molecule has 2 saturated heterocycles. The SMILES string of the molecule is COC1(OC)CCN(c2ccc(-c3ccc(N4CC(CNC(C)=O)OC4=O)cc3F)cc2F)CC1. The van der Waals surface area contributed by atoms with Gasteiger partial charge in [-0.25, -0.2) is 13.6 Å². The van der Waals surface area contributed by atoms with Crippen LogP contribution in [0.15, 0.2) is 36.4 Å². The number of ether oxygens (including phenoxy) is 3. The Hall–Kier alpha value is -3.24. The maximum atomic E-state index is 15.0. The van der Waals surface area contributed by atoms with E-state index in [0.717, 1.165) is 0 Å². The highest BCUT2D eigenvalue weighted by Gasteiger charge is 2.35. The van der Waals surface area contributed by atoms with Gasteiger partial charge in [0.2, 0.25) is 5.91 Å². The zero-order valence-corrected chi connectivity index (χ0v) is 20.0. The van der Waals surface area contributed by atoms with E-state index >= 15 is 8.78 Å². The normalized spacial score (nSPS) is 19.6. The minimum Gasteiger partial charge on any atom is -0.442 e. The highest BCUT2D eigenvalue weighted by atomic mass is 19.1. The fourth-order valence-electron chi connectivity index (χ4n) is 4.51. The number of hydrogen-bond donors (Lipinski definition) is 1. The molecule has 2 fully saturated rings. The van der Waals surface area contributed by atoms with Crippen LogP contribution < -0.4 is 15.1 Å². The van der Waals surface area contributed by atoms with Gasteiger partial charge in [0.05, 0.1) is 24.5 Å². The zero-order valence-electron chi connectivity index (χ0n) is 20.0. The number of halogens is 2. The molecule has 2 aliphatic heterocycles. The van der Waals surface area contributed by atoms with E-state index in [2.05, 4.69) is 5.32 Å². The maximum Gasteiger partial charge on any atom is 0.414 e. The topological polar surface area (TPSA) is 80.3 Å². The molecule has 0 radical (unpaired) electrons. The lowest BCUT2D eigenvalue weighted by Gasteiger charge is -2.40. The summed E-state index contributed by atoms with van der Waals surface area (Å²) >= 11 is 0. The number of rotatable bonds is 7. The van der Waals surface area contributed by atoms with Gasteiger partial charge in [-0.1, -0.05) is 6.07 Å². The van der Waals surface area contributed by atoms with E-state index in [1.54, 1.807) is 32.4 Å². The average Bonchev–Trinajstić information content (AvgIpc) is 3.23. The molecule has 0 aromatic heterocycles. The molecule has 1 atom stereocenters. The number of piperidine rings is 1. The third-order valence-corrected chi connectivity index (χ3v) is 6.59. The van der Waals surface area contributed by atoms with Crippen molar-refractivity contribution in [1.29, 1.82) is 0 Å². The molecule has 188 valence electrons. The summed E-state index contributed by atoms with van der Waals surface area (Å²) in [5.74, 6) is -1.91. The van der Waals surface area contributed by atoms with Gasteiger partial charge in [-0.05, 0) is 35.9 Å². The van der Waals surface area contributed by atoms with Crippen LogP contribution in [0.4, 0.5) is 25.0 Å². The summed E-state index contributed by atoms with van der Waals surface area (Å²) in [6, 6.07) is 8.97. The monoisotopic (exact) mass is 489 g/mol. The van der Waals surface area contributed by atoms with Gasteiger partial charge < -0.3 is 24.4 Å². The molecule has 2 amide bonds. The van der Waals surface area contributed by atoms with Crippen LogP contribution in [-0.4, -0.2) is 64.3 Å². The first-order valence-corrected chi connectivity index (χ1v) is 11.4. The van der Waals surface area contributed by atoms with E-state index in [9.17, 15) is 9.59 Å². The van der Waals surface area contributed by atoms with Crippen LogP contribution in [-0.2, 0) is 19.0 Å². The first-order valence-electron chi connectivity index (χ1n) is 11.4. The molecule has 0 saturated carbocycles. The smallest absolute Gasteiger partial charge is 0.414 e. The Morgan fingerprint density at radius 1 is 1.11 bits per heavy atom. The van der Waals surface area contributed by atoms with Crippen LogP contribution in [0, 0.1) is 11.6 Å². The molecule has 2 aromatic carbocycles. The van der Waals surface area contributed by atoms with Gasteiger partial charge in [-0.15, -0.1) is 0 Å². The number of cyclic esters (lactones) is 1. The number of hydrogen-bond acceptors (Lipinski definition) is 6. The third-order valence-electron chi connectivity index (χ3n) is 6.59. The largest absolute Gasteiger partial charge is 0.442 e. The van der Waals surface area contributed by atoms with Crippen LogP contribution in [0.25, 0.3) is 11.1 Å². The molecule has 1 N–H and O–H groups in total. The Labute approximate surface area is 202 Å². The number of carbonyl (C=O) groups is 2. The minimum atomic E-state index is -0.649. The number of nitrogens with zero attached hydrogens (tertiary/aromatic N) is 2. The molecular weight excluding hydrogens is 460 g/mol. The predicted octanol–water partition coefficient (Wildman–Crippen LogP) is 3.68. The van der Waals surface area contributed by atoms with Crippen molar-refractivity contribution in [1.82, 2.24) is 5.32 Å². The zero-order chi connectivity index (χ0) is 25.2. The molecule has 2 heterocycles. The second-order valence-corrected chi connectivity index (χ2v) is 8.69. The lowest BCUT2D eigenvalue weighted by molar-refractivity contribution is -0.216. The molecule has 0 spiro atoms. The van der Waals surface area contributed by atoms with Gasteiger partial charge in [0.25, 0.3) is 0 Å². The van der Waals surface area contributed by atoms with Crippen molar-refractivity contribution in [2.75, 3.05) is 50.2 Å². The Kier molecular flexibility index (Phi) is 7.23. The van der Waals surface area contributed by atoms with E-state index in [1.165, 1.54) is 30.0 Å². The Bertz CT molecular complexity index is 1100. The van der Waals surface area contributed by atoms with E-state index < -0.39 is 29.6 Å². The molecule has 0 bridgehead atoms. The van der Waals surface area contributed by atoms with E-state index in [0.29, 0.717) is 42.9 Å². The number of nitrogens with one attached hydrogen (secondary N) is 1. The fourth-order valence-corrected chi connectivity index (χ4v) is 4.51. The van der Waals surface area contributed by atoms with Crippen molar-refractivity contribution >= 4 is 23.4 Å². The first kappa shape index (κ1) is 24.9. The standard InChI is InChI=1S/C25H29F2N3O5/c1-16(31)28-14-19-15-30(24(32)35-19)18-5-6-20(21(26)13-18)17-4-7-23(22(27)12-17)29-10-8-25(33-2,34-3)9-11-29/h4-7,12-13,19H,8-11,14-15H2,1-3H3,(H,28,31). The molecule has 2 aromatic rings. The first-order chi connectivity index (χ1) is 16.7. The quantitative estimate of drug-likeness (QED) is 0.598. The Balaban J connectivity index is 1.47. The molecule has 2 aliphatic rings. The fraction of sp³-hybridized carbons (Fsp3) is 0.440. The molecule has 35 heavy (non-hydrogen) atoms. The molecular formula is C25H29F2N3O5. The van der Waals surface area contributed by atoms with Gasteiger partial charge >= 0.3 is 6.09 Å².